The highest BCUT2D eigenvalue weighted by atomic mass is 32.3. The third-order valence-corrected chi connectivity index (χ3v) is 11.1. The van der Waals surface area contributed by atoms with Gasteiger partial charge in [-0.3, -0.25) is 13.9 Å². The van der Waals surface area contributed by atoms with E-state index < -0.39 is 26.7 Å². The van der Waals surface area contributed by atoms with Crippen molar-refractivity contribution >= 4 is 37.7 Å². The molecule has 2 aromatic carbocycles. The van der Waals surface area contributed by atoms with Crippen LogP contribution in [0.3, 0.4) is 0 Å². The fraction of sp³-hybridized carbons (Fsp3) is 0.419. The van der Waals surface area contributed by atoms with E-state index in [9.17, 15) is 22.3 Å². The second kappa shape index (κ2) is 13.6. The van der Waals surface area contributed by atoms with Crippen LogP contribution in [-0.2, 0) is 27.9 Å². The molecule has 248 valence electrons. The van der Waals surface area contributed by atoms with E-state index in [0.29, 0.717) is 13.0 Å². The van der Waals surface area contributed by atoms with Crippen LogP contribution in [0.2, 0.25) is 0 Å². The summed E-state index contributed by atoms with van der Waals surface area (Å²) in [5.41, 5.74) is 6.03. The molecule has 0 saturated heterocycles. The van der Waals surface area contributed by atoms with Gasteiger partial charge in [-0.1, -0.05) is 36.4 Å². The largest absolute Gasteiger partial charge is 0.472 e. The third kappa shape index (κ3) is 7.19. The number of fused-ring (bicyclic) bond motifs is 2. The van der Waals surface area contributed by atoms with Gasteiger partial charge in [-0.05, 0) is 73.2 Å². The lowest BCUT2D eigenvalue weighted by Gasteiger charge is -2.41. The molecular formula is C31H41N7O6S2. The number of carbonyl (C=O) groups excluding carboxylic acids is 1. The first-order chi connectivity index (χ1) is 21.8. The average Bonchev–Trinajstić information content (AvgIpc) is 3.40. The molecule has 5 rings (SSSR count). The van der Waals surface area contributed by atoms with E-state index in [4.69, 9.17) is 9.88 Å². The highest BCUT2D eigenvalue weighted by Crippen LogP contribution is 2.57. The van der Waals surface area contributed by atoms with Gasteiger partial charge in [0.25, 0.3) is 0 Å². The van der Waals surface area contributed by atoms with Crippen molar-refractivity contribution in [2.24, 2.45) is 5.14 Å². The number of hydrogen-bond donors (Lipinski definition) is 4. The van der Waals surface area contributed by atoms with E-state index in [1.807, 2.05) is 62.7 Å². The molecule has 0 fully saturated rings. The topological polar surface area (TPSA) is 186 Å². The van der Waals surface area contributed by atoms with Crippen molar-refractivity contribution in [2.45, 2.75) is 70.5 Å². The number of aromatic nitrogens is 4. The summed E-state index contributed by atoms with van der Waals surface area (Å²) >= 11 is 0. The smallest absolute Gasteiger partial charge is 0.239 e. The number of ether oxygens (including phenoxy) is 1. The molecule has 5 N–H and O–H groups in total. The molecule has 0 radical (unpaired) electrons. The van der Waals surface area contributed by atoms with Crippen LogP contribution in [0.1, 0.15) is 60.4 Å². The van der Waals surface area contributed by atoms with Crippen LogP contribution in [0.25, 0.3) is 11.0 Å². The van der Waals surface area contributed by atoms with Crippen LogP contribution < -0.4 is 15.2 Å². The number of primary sulfonamides is 1. The highest BCUT2D eigenvalue weighted by Gasteiger charge is 2.36. The van der Waals surface area contributed by atoms with Gasteiger partial charge >= 0.3 is 0 Å². The van der Waals surface area contributed by atoms with E-state index in [0.717, 1.165) is 38.9 Å². The third-order valence-electron chi connectivity index (χ3n) is 8.41. The molecule has 3 heterocycles. The number of nitrogens with one attached hydrogen (secondary N) is 1. The zero-order valence-electron chi connectivity index (χ0n) is 26.4. The first-order valence-electron chi connectivity index (χ1n) is 15.2. The summed E-state index contributed by atoms with van der Waals surface area (Å²) in [6.45, 7) is 8.93. The molecule has 1 aliphatic rings. The van der Waals surface area contributed by atoms with Gasteiger partial charge in [0, 0.05) is 38.2 Å². The minimum absolute atomic E-state index is 0.0328. The maximum Gasteiger partial charge on any atom is 0.239 e. The number of nitrogens with two attached hydrogens (primary N) is 1. The Kier molecular flexibility index (Phi) is 10.0. The molecule has 2 unspecified atom stereocenters. The molecule has 13 nitrogen and oxygen atoms in total. The standard InChI is InChI=1S/C31H41N7O6S2/c1-5-24-19-37(46(42,43)28-8-7-13-34-31(28)44-24)18-23-16-22(10-9-20(23)3)26(17-29(39)33-14-15-45(32,40)41)25-11-12-27-30(21(25)4)35-36-38(27)6-2/h7-13,16,24,26,42-43H,5-6,14-15,17-19H2,1-4H3,(H,33,39)(H2,32,40,41). The summed E-state index contributed by atoms with van der Waals surface area (Å²) in [6.07, 6.45) is 1.95. The number of aryl methyl sites for hydroxylation is 3. The van der Waals surface area contributed by atoms with Crippen LogP contribution >= 0.6 is 10.8 Å². The van der Waals surface area contributed by atoms with Crippen molar-refractivity contribution in [1.29, 1.82) is 0 Å². The Morgan fingerprint density at radius 2 is 1.98 bits per heavy atom. The number of amides is 1. The van der Waals surface area contributed by atoms with Crippen LogP contribution in [-0.4, -0.2) is 72.7 Å². The molecule has 1 aliphatic heterocycles. The lowest BCUT2D eigenvalue weighted by molar-refractivity contribution is -0.121. The molecule has 15 heteroatoms. The molecule has 0 aliphatic carbocycles. The molecule has 2 aromatic heterocycles. The monoisotopic (exact) mass is 671 g/mol. The van der Waals surface area contributed by atoms with Gasteiger partial charge in [0.1, 0.15) is 16.5 Å². The van der Waals surface area contributed by atoms with Gasteiger partial charge in [0.05, 0.1) is 17.8 Å². The Hall–Kier alpha value is -3.60. The minimum Gasteiger partial charge on any atom is -0.472 e. The number of sulfonamides is 1. The Bertz CT molecular complexity index is 1850. The maximum absolute atomic E-state index is 13.2. The van der Waals surface area contributed by atoms with Gasteiger partial charge in [-0.25, -0.2) is 23.2 Å². The summed E-state index contributed by atoms with van der Waals surface area (Å²) in [7, 11) is -7.16. The first kappa shape index (κ1) is 33.8. The molecule has 46 heavy (non-hydrogen) atoms. The molecule has 4 aromatic rings. The second-order valence-electron chi connectivity index (χ2n) is 11.5. The fourth-order valence-corrected chi connectivity index (χ4v) is 7.72. The molecule has 0 spiro atoms. The van der Waals surface area contributed by atoms with Crippen molar-refractivity contribution in [2.75, 3.05) is 18.8 Å². The summed E-state index contributed by atoms with van der Waals surface area (Å²) < 4.78 is 55.5. The number of carbonyl (C=O) groups is 1. The van der Waals surface area contributed by atoms with E-state index in [2.05, 4.69) is 20.6 Å². The minimum atomic E-state index is -3.73. The van der Waals surface area contributed by atoms with Gasteiger partial charge in [-0.2, -0.15) is 4.31 Å². The number of pyridine rings is 1. The van der Waals surface area contributed by atoms with Crippen LogP contribution in [0.4, 0.5) is 0 Å². The van der Waals surface area contributed by atoms with E-state index in [1.165, 1.54) is 0 Å². The first-order valence-corrected chi connectivity index (χ1v) is 18.4. The Morgan fingerprint density at radius 1 is 1.20 bits per heavy atom. The van der Waals surface area contributed by atoms with Crippen LogP contribution in [0.5, 0.6) is 5.88 Å². The average molecular weight is 672 g/mol. The van der Waals surface area contributed by atoms with E-state index >= 15 is 0 Å². The van der Waals surface area contributed by atoms with Gasteiger partial charge in [0.15, 0.2) is 0 Å². The van der Waals surface area contributed by atoms with Gasteiger partial charge in [-0.15, -0.1) is 15.9 Å². The zero-order chi connectivity index (χ0) is 33.2. The Balaban J connectivity index is 1.53. The zero-order valence-corrected chi connectivity index (χ0v) is 28.0. The summed E-state index contributed by atoms with van der Waals surface area (Å²) in [4.78, 5) is 17.7. The number of benzene rings is 2. The summed E-state index contributed by atoms with van der Waals surface area (Å²) in [5, 5.41) is 16.5. The second-order valence-corrected chi connectivity index (χ2v) is 15.2. The Labute approximate surface area is 270 Å². The van der Waals surface area contributed by atoms with Gasteiger partial charge < -0.3 is 10.1 Å². The quantitative estimate of drug-likeness (QED) is 0.181. The predicted octanol–water partition coefficient (Wildman–Crippen LogP) is 4.09. The fourth-order valence-electron chi connectivity index (χ4n) is 5.77. The lowest BCUT2D eigenvalue weighted by atomic mass is 9.84. The number of rotatable bonds is 11. The van der Waals surface area contributed by atoms with Crippen molar-refractivity contribution in [3.63, 3.8) is 0 Å². The molecule has 2 atom stereocenters. The lowest BCUT2D eigenvalue weighted by Crippen LogP contribution is -2.34. The molecule has 0 bridgehead atoms. The summed E-state index contributed by atoms with van der Waals surface area (Å²) in [6, 6.07) is 13.1. The molecule has 0 saturated carbocycles. The Morgan fingerprint density at radius 3 is 2.70 bits per heavy atom. The van der Waals surface area contributed by atoms with E-state index in [1.54, 1.807) is 22.6 Å². The van der Waals surface area contributed by atoms with Crippen molar-refractivity contribution in [3.8, 4) is 5.88 Å². The maximum atomic E-state index is 13.2. The van der Waals surface area contributed by atoms with Gasteiger partial charge in [0.2, 0.25) is 21.8 Å². The van der Waals surface area contributed by atoms with Crippen molar-refractivity contribution < 1.29 is 27.1 Å². The molecular weight excluding hydrogens is 631 g/mol. The number of nitrogens with zero attached hydrogens (tertiary/aromatic N) is 5. The highest BCUT2D eigenvalue weighted by molar-refractivity contribution is 8.22. The van der Waals surface area contributed by atoms with Crippen LogP contribution in [0, 0.1) is 13.8 Å². The SMILES string of the molecule is CCC1CN(Cc2cc(C(CC(=O)NCCS(N)(=O)=O)c3ccc4c(nnn4CC)c3C)ccc2C)S(O)(O)c2cccnc2O1. The summed E-state index contributed by atoms with van der Waals surface area (Å²) in [5.74, 6) is -0.902. The van der Waals surface area contributed by atoms with Crippen LogP contribution in [0.15, 0.2) is 53.6 Å². The predicted molar refractivity (Wildman–Crippen MR) is 177 cm³/mol. The normalized spacial score (nSPS) is 17.9. The number of hydrogen-bond acceptors (Lipinski definition) is 10. The van der Waals surface area contributed by atoms with Crippen molar-refractivity contribution in [3.05, 3.63) is 76.5 Å². The molecule has 1 amide bonds. The van der Waals surface area contributed by atoms with E-state index in [-0.39, 0.29) is 54.6 Å². The van der Waals surface area contributed by atoms with Crippen molar-refractivity contribution in [1.82, 2.24) is 29.6 Å².